The molecule has 26 heavy (non-hydrogen) atoms. The minimum atomic E-state index is -0.118. The number of halogens is 2. The van der Waals surface area contributed by atoms with Gasteiger partial charge in [-0.1, -0.05) is 12.1 Å². The van der Waals surface area contributed by atoms with E-state index in [9.17, 15) is 4.79 Å². The van der Waals surface area contributed by atoms with Crippen LogP contribution in [-0.4, -0.2) is 64.6 Å². The largest absolute Gasteiger partial charge is 0.347 e. The van der Waals surface area contributed by atoms with Crippen LogP contribution < -0.4 is 10.6 Å². The van der Waals surface area contributed by atoms with E-state index in [1.165, 1.54) is 12.8 Å². The van der Waals surface area contributed by atoms with Gasteiger partial charge in [0, 0.05) is 19.1 Å². The monoisotopic (exact) mass is 406 g/mol. The smallest absolute Gasteiger partial charge is 0.273 e. The van der Waals surface area contributed by atoms with E-state index in [1.807, 2.05) is 4.68 Å². The number of piperidine rings is 2. The number of amides is 1. The van der Waals surface area contributed by atoms with Crippen molar-refractivity contribution in [1.29, 1.82) is 0 Å². The summed E-state index contributed by atoms with van der Waals surface area (Å²) in [6, 6.07) is 0.472. The summed E-state index contributed by atoms with van der Waals surface area (Å²) < 4.78 is 1.85. The van der Waals surface area contributed by atoms with E-state index in [1.54, 1.807) is 6.20 Å². The Balaban J connectivity index is 0.00000169. The van der Waals surface area contributed by atoms with Gasteiger partial charge in [0.2, 0.25) is 0 Å². The molecule has 0 radical (unpaired) electrons. The summed E-state index contributed by atoms with van der Waals surface area (Å²) in [5, 5.41) is 14.6. The van der Waals surface area contributed by atoms with Crippen LogP contribution in [0.25, 0.3) is 0 Å². The van der Waals surface area contributed by atoms with E-state index in [0.29, 0.717) is 11.7 Å². The molecule has 1 aromatic heterocycles. The Hall–Kier alpha value is -0.890. The van der Waals surface area contributed by atoms with Crippen LogP contribution in [0.2, 0.25) is 0 Å². The van der Waals surface area contributed by atoms with Crippen molar-refractivity contribution in [2.45, 2.75) is 51.6 Å². The highest BCUT2D eigenvalue weighted by Crippen LogP contribution is 2.17. The van der Waals surface area contributed by atoms with Crippen molar-refractivity contribution >= 4 is 30.7 Å². The first kappa shape index (κ1) is 23.1. The van der Waals surface area contributed by atoms with E-state index in [-0.39, 0.29) is 36.8 Å². The van der Waals surface area contributed by atoms with Gasteiger partial charge in [-0.3, -0.25) is 4.79 Å². The van der Waals surface area contributed by atoms with Crippen molar-refractivity contribution in [1.82, 2.24) is 30.5 Å². The highest BCUT2D eigenvalue weighted by molar-refractivity contribution is 5.92. The Labute approximate surface area is 168 Å². The molecule has 2 atom stereocenters. The van der Waals surface area contributed by atoms with Crippen LogP contribution in [0.15, 0.2) is 6.20 Å². The molecule has 1 aromatic rings. The first-order valence-corrected chi connectivity index (χ1v) is 9.27. The maximum Gasteiger partial charge on any atom is 0.273 e. The number of nitrogens with zero attached hydrogens (tertiary/aromatic N) is 4. The molecule has 9 heteroatoms. The van der Waals surface area contributed by atoms with Crippen molar-refractivity contribution in [2.75, 3.05) is 32.7 Å². The quantitative estimate of drug-likeness (QED) is 0.780. The fourth-order valence-electron chi connectivity index (χ4n) is 3.81. The summed E-state index contributed by atoms with van der Waals surface area (Å²) in [6.45, 7) is 9.53. The van der Waals surface area contributed by atoms with E-state index in [2.05, 4.69) is 39.7 Å². The standard InChI is InChI=1S/C17H30N6O.2ClH/c1-13-4-3-9-22(10-13)11-14(2)19-17(24)16-12-23(21-20-16)15-5-7-18-8-6-15;;/h12-15,18H,3-11H2,1-2H3,(H,19,24);2*1H. The lowest BCUT2D eigenvalue weighted by Crippen LogP contribution is -2.45. The first-order valence-electron chi connectivity index (χ1n) is 9.27. The topological polar surface area (TPSA) is 75.1 Å². The van der Waals surface area contributed by atoms with Crippen molar-refractivity contribution in [3.63, 3.8) is 0 Å². The number of hydrogen-bond acceptors (Lipinski definition) is 5. The molecule has 1 amide bonds. The summed E-state index contributed by atoms with van der Waals surface area (Å²) in [5.74, 6) is 0.638. The van der Waals surface area contributed by atoms with Gasteiger partial charge in [0.1, 0.15) is 0 Å². The predicted octanol–water partition coefficient (Wildman–Crippen LogP) is 1.90. The molecule has 0 spiro atoms. The van der Waals surface area contributed by atoms with Crippen molar-refractivity contribution in [2.24, 2.45) is 5.92 Å². The fourth-order valence-corrected chi connectivity index (χ4v) is 3.81. The zero-order chi connectivity index (χ0) is 16.9. The molecule has 2 unspecified atom stereocenters. The summed E-state index contributed by atoms with van der Waals surface area (Å²) in [6.07, 6.45) is 6.44. The lowest BCUT2D eigenvalue weighted by molar-refractivity contribution is 0.0915. The Kier molecular flexibility index (Phi) is 9.85. The van der Waals surface area contributed by atoms with Gasteiger partial charge in [-0.15, -0.1) is 29.9 Å². The zero-order valence-corrected chi connectivity index (χ0v) is 17.3. The van der Waals surface area contributed by atoms with Crippen LogP contribution in [0.3, 0.4) is 0 Å². The van der Waals surface area contributed by atoms with Gasteiger partial charge in [-0.2, -0.15) is 0 Å². The Bertz CT molecular complexity index is 549. The summed E-state index contributed by atoms with van der Waals surface area (Å²) in [7, 11) is 0. The third kappa shape index (κ3) is 6.37. The highest BCUT2D eigenvalue weighted by atomic mass is 35.5. The number of carbonyl (C=O) groups excluding carboxylic acids is 1. The van der Waals surface area contributed by atoms with Gasteiger partial charge < -0.3 is 15.5 Å². The molecule has 7 nitrogen and oxygen atoms in total. The molecule has 2 aliphatic heterocycles. The average molecular weight is 407 g/mol. The van der Waals surface area contributed by atoms with Gasteiger partial charge in [0.05, 0.1) is 12.2 Å². The molecule has 150 valence electrons. The molecule has 2 fully saturated rings. The molecular formula is C17H32Cl2N6O. The highest BCUT2D eigenvalue weighted by Gasteiger charge is 2.21. The number of carbonyl (C=O) groups is 1. The van der Waals surface area contributed by atoms with Crippen LogP contribution in [0, 0.1) is 5.92 Å². The van der Waals surface area contributed by atoms with Gasteiger partial charge in [-0.25, -0.2) is 4.68 Å². The summed E-state index contributed by atoms with van der Waals surface area (Å²) >= 11 is 0. The van der Waals surface area contributed by atoms with Crippen LogP contribution >= 0.6 is 24.8 Å². The van der Waals surface area contributed by atoms with Crippen molar-refractivity contribution in [3.05, 3.63) is 11.9 Å². The minimum absolute atomic E-state index is 0. The molecule has 2 aliphatic rings. The minimum Gasteiger partial charge on any atom is -0.347 e. The number of aromatic nitrogens is 3. The van der Waals surface area contributed by atoms with Gasteiger partial charge >= 0.3 is 0 Å². The molecule has 0 saturated carbocycles. The lowest BCUT2D eigenvalue weighted by Gasteiger charge is -2.32. The van der Waals surface area contributed by atoms with Crippen molar-refractivity contribution in [3.8, 4) is 0 Å². The van der Waals surface area contributed by atoms with E-state index in [0.717, 1.165) is 51.5 Å². The number of nitrogens with one attached hydrogen (secondary N) is 2. The number of likely N-dealkylation sites (tertiary alicyclic amines) is 1. The summed E-state index contributed by atoms with van der Waals surface area (Å²) in [5.41, 5.74) is 0.424. The SMILES string of the molecule is CC1CCCN(CC(C)NC(=O)c2cn(C3CCNCC3)nn2)C1.Cl.Cl. The Morgan fingerprint density at radius 2 is 2.08 bits per heavy atom. The maximum atomic E-state index is 12.4. The predicted molar refractivity (Wildman–Crippen MR) is 107 cm³/mol. The maximum absolute atomic E-state index is 12.4. The molecule has 3 rings (SSSR count). The normalized spacial score (nSPS) is 22.8. The van der Waals surface area contributed by atoms with E-state index >= 15 is 0 Å². The molecule has 0 aliphatic carbocycles. The molecular weight excluding hydrogens is 375 g/mol. The van der Waals surface area contributed by atoms with Crippen LogP contribution in [-0.2, 0) is 0 Å². The van der Waals surface area contributed by atoms with Crippen molar-refractivity contribution < 1.29 is 4.79 Å². The Morgan fingerprint density at radius 1 is 1.35 bits per heavy atom. The lowest BCUT2D eigenvalue weighted by atomic mass is 10.00. The van der Waals surface area contributed by atoms with Crippen LogP contribution in [0.5, 0.6) is 0 Å². The molecule has 0 bridgehead atoms. The fraction of sp³-hybridized carbons (Fsp3) is 0.824. The van der Waals surface area contributed by atoms with Gasteiger partial charge in [-0.05, 0) is 58.2 Å². The molecule has 2 N–H and O–H groups in total. The molecule has 2 saturated heterocycles. The number of rotatable bonds is 5. The second-order valence-electron chi connectivity index (χ2n) is 7.45. The second kappa shape index (κ2) is 11.1. The van der Waals surface area contributed by atoms with Gasteiger partial charge in [0.25, 0.3) is 5.91 Å². The first-order chi connectivity index (χ1) is 11.6. The summed E-state index contributed by atoms with van der Waals surface area (Å²) in [4.78, 5) is 14.8. The van der Waals surface area contributed by atoms with E-state index in [4.69, 9.17) is 0 Å². The van der Waals surface area contributed by atoms with Crippen LogP contribution in [0.4, 0.5) is 0 Å². The Morgan fingerprint density at radius 3 is 2.77 bits per heavy atom. The van der Waals surface area contributed by atoms with E-state index < -0.39 is 0 Å². The third-order valence-electron chi connectivity index (χ3n) is 5.08. The zero-order valence-electron chi connectivity index (χ0n) is 15.7. The molecule has 3 heterocycles. The van der Waals surface area contributed by atoms with Crippen LogP contribution in [0.1, 0.15) is 56.1 Å². The second-order valence-corrected chi connectivity index (χ2v) is 7.45. The third-order valence-corrected chi connectivity index (χ3v) is 5.08. The number of hydrogen-bond donors (Lipinski definition) is 2. The molecule has 0 aromatic carbocycles. The average Bonchev–Trinajstić information content (AvgIpc) is 3.05. The van der Waals surface area contributed by atoms with Gasteiger partial charge in [0.15, 0.2) is 5.69 Å².